The summed E-state index contributed by atoms with van der Waals surface area (Å²) in [6.45, 7) is 2.19. The van der Waals surface area contributed by atoms with Gasteiger partial charge in [-0.25, -0.2) is 4.79 Å². The van der Waals surface area contributed by atoms with Crippen LogP contribution >= 0.6 is 11.6 Å². The lowest BCUT2D eigenvalue weighted by Gasteiger charge is -2.20. The molecule has 2 aliphatic rings. The molecule has 1 aromatic heterocycles. The molecular weight excluding hydrogens is 514 g/mol. The van der Waals surface area contributed by atoms with E-state index in [4.69, 9.17) is 21.8 Å². The molecule has 0 radical (unpaired) electrons. The van der Waals surface area contributed by atoms with E-state index in [2.05, 4.69) is 10.3 Å². The minimum Gasteiger partial charge on any atom is -0.478 e. The van der Waals surface area contributed by atoms with E-state index in [9.17, 15) is 14.7 Å². The fourth-order valence-corrected chi connectivity index (χ4v) is 5.14. The van der Waals surface area contributed by atoms with Gasteiger partial charge in [-0.15, -0.1) is 0 Å². The number of nitrogens with two attached hydrogens (primary N) is 1. The van der Waals surface area contributed by atoms with Gasteiger partial charge in [0.15, 0.2) is 0 Å². The first-order valence-corrected chi connectivity index (χ1v) is 12.6. The van der Waals surface area contributed by atoms with Crippen molar-refractivity contribution in [2.24, 2.45) is 0 Å². The number of rotatable bonds is 5. The first kappa shape index (κ1) is 24.5. The highest BCUT2D eigenvalue weighted by atomic mass is 35.5. The summed E-state index contributed by atoms with van der Waals surface area (Å²) in [7, 11) is 0. The van der Waals surface area contributed by atoms with Crippen LogP contribution < -0.4 is 16.5 Å². The molecule has 0 saturated heterocycles. The number of carboxylic acid groups (broad SMARTS) is 1. The van der Waals surface area contributed by atoms with Gasteiger partial charge in [0.1, 0.15) is 11.3 Å². The van der Waals surface area contributed by atoms with Crippen LogP contribution in [0.5, 0.6) is 0 Å². The first-order chi connectivity index (χ1) is 18.8. The fourth-order valence-electron chi connectivity index (χ4n) is 4.98. The maximum Gasteiger partial charge on any atom is 0.336 e. The van der Waals surface area contributed by atoms with Crippen molar-refractivity contribution >= 4 is 50.8 Å². The van der Waals surface area contributed by atoms with Crippen molar-refractivity contribution in [1.29, 1.82) is 0 Å². The number of nitrogens with one attached hydrogen (secondary N) is 1. The van der Waals surface area contributed by atoms with Gasteiger partial charge in [0.2, 0.25) is 5.43 Å². The van der Waals surface area contributed by atoms with Crippen LogP contribution in [0.25, 0.3) is 44.3 Å². The van der Waals surface area contributed by atoms with Crippen LogP contribution in [0.15, 0.2) is 88.2 Å². The van der Waals surface area contributed by atoms with Gasteiger partial charge in [-0.1, -0.05) is 47.5 Å². The molecule has 4 aromatic rings. The van der Waals surface area contributed by atoms with Crippen molar-refractivity contribution in [2.75, 3.05) is 11.1 Å². The summed E-state index contributed by atoms with van der Waals surface area (Å²) >= 11 is 6.25. The van der Waals surface area contributed by atoms with E-state index in [1.165, 1.54) is 12.1 Å². The van der Waals surface area contributed by atoms with Crippen LogP contribution in [0, 0.1) is 6.92 Å². The highest BCUT2D eigenvalue weighted by Crippen LogP contribution is 2.44. The number of para-hydroxylation sites is 1. The zero-order chi connectivity index (χ0) is 27.3. The summed E-state index contributed by atoms with van der Waals surface area (Å²) in [6, 6.07) is 21.3. The Labute approximate surface area is 227 Å². The molecule has 2 heterocycles. The second kappa shape index (κ2) is 9.45. The van der Waals surface area contributed by atoms with E-state index < -0.39 is 11.4 Å². The molecule has 0 fully saturated rings. The van der Waals surface area contributed by atoms with Crippen LogP contribution in [-0.2, 0) is 6.54 Å². The third-order valence-corrected chi connectivity index (χ3v) is 7.14. The van der Waals surface area contributed by atoms with Gasteiger partial charge in [-0.3, -0.25) is 9.78 Å². The number of hydrogen-bond acceptors (Lipinski definition) is 6. The number of carbonyl (C=O) groups is 1. The van der Waals surface area contributed by atoms with Crippen LogP contribution in [0.3, 0.4) is 0 Å². The molecule has 3 aromatic carbocycles. The Morgan fingerprint density at radius 3 is 2.69 bits per heavy atom. The van der Waals surface area contributed by atoms with Crippen molar-refractivity contribution in [3.05, 3.63) is 111 Å². The van der Waals surface area contributed by atoms with Gasteiger partial charge in [0.05, 0.1) is 21.8 Å². The number of benzene rings is 4. The molecule has 0 amide bonds. The zero-order valence-corrected chi connectivity index (χ0v) is 21.5. The predicted octanol–water partition coefficient (Wildman–Crippen LogP) is 6.97. The van der Waals surface area contributed by atoms with Crippen LogP contribution in [0.4, 0.5) is 11.4 Å². The monoisotopic (exact) mass is 535 g/mol. The molecule has 0 spiro atoms. The van der Waals surface area contributed by atoms with E-state index in [0.29, 0.717) is 45.5 Å². The lowest BCUT2D eigenvalue weighted by atomic mass is 9.89. The van der Waals surface area contributed by atoms with Gasteiger partial charge in [-0.2, -0.15) is 0 Å². The van der Waals surface area contributed by atoms with Gasteiger partial charge >= 0.3 is 5.97 Å². The average Bonchev–Trinajstić information content (AvgIpc) is 2.92. The summed E-state index contributed by atoms with van der Waals surface area (Å²) < 4.78 is 6.32. The molecule has 0 saturated carbocycles. The smallest absolute Gasteiger partial charge is 0.336 e. The van der Waals surface area contributed by atoms with E-state index in [1.807, 2.05) is 43.3 Å². The number of aromatic carboxylic acids is 1. The Bertz CT molecular complexity index is 1960. The van der Waals surface area contributed by atoms with E-state index in [0.717, 1.165) is 22.2 Å². The van der Waals surface area contributed by atoms with Crippen molar-refractivity contribution in [3.8, 4) is 22.5 Å². The molecule has 0 unspecified atom stereocenters. The Morgan fingerprint density at radius 2 is 1.87 bits per heavy atom. The second-order valence-electron chi connectivity index (χ2n) is 9.35. The molecule has 39 heavy (non-hydrogen) atoms. The Morgan fingerprint density at radius 1 is 1.05 bits per heavy atom. The third kappa shape index (κ3) is 4.23. The molecule has 4 N–H and O–H groups in total. The number of halogens is 1. The van der Waals surface area contributed by atoms with Gasteiger partial charge in [0.25, 0.3) is 0 Å². The summed E-state index contributed by atoms with van der Waals surface area (Å²) in [5, 5.41) is 15.1. The number of fused-ring (bicyclic) bond motifs is 3. The number of pyridine rings is 1. The molecule has 192 valence electrons. The lowest BCUT2D eigenvalue weighted by molar-refractivity contribution is 0.0697. The third-order valence-electron chi connectivity index (χ3n) is 6.84. The fraction of sp³-hybridized carbons (Fsp3) is 0.0645. The number of nitrogen functional groups attached to an aromatic ring is 1. The summed E-state index contributed by atoms with van der Waals surface area (Å²) in [5.74, 6) is -0.789. The molecule has 0 atom stereocenters. The van der Waals surface area contributed by atoms with Crippen molar-refractivity contribution in [3.63, 3.8) is 0 Å². The number of nitrogens with zero attached hydrogens (tertiary/aromatic N) is 1. The Balaban J connectivity index is 1.62. The predicted molar refractivity (Wildman–Crippen MR) is 155 cm³/mol. The maximum absolute atomic E-state index is 12.5. The Hall–Kier alpha value is -4.88. The van der Waals surface area contributed by atoms with E-state index >= 15 is 0 Å². The molecular formula is C31H22ClN3O4. The zero-order valence-electron chi connectivity index (χ0n) is 20.8. The highest BCUT2D eigenvalue weighted by Gasteiger charge is 2.24. The number of aryl methyl sites for hydroxylation is 1. The average molecular weight is 536 g/mol. The van der Waals surface area contributed by atoms with Crippen molar-refractivity contribution in [2.45, 2.75) is 13.5 Å². The largest absolute Gasteiger partial charge is 0.478 e. The minimum atomic E-state index is -1.07. The number of aromatic nitrogens is 1. The summed E-state index contributed by atoms with van der Waals surface area (Å²) in [4.78, 5) is 29.3. The van der Waals surface area contributed by atoms with Crippen LogP contribution in [0.2, 0.25) is 5.02 Å². The van der Waals surface area contributed by atoms with Crippen molar-refractivity contribution in [1.82, 2.24) is 4.98 Å². The minimum absolute atomic E-state index is 0.0172. The van der Waals surface area contributed by atoms with Crippen molar-refractivity contribution < 1.29 is 14.3 Å². The molecule has 1 aliphatic heterocycles. The maximum atomic E-state index is 12.5. The highest BCUT2D eigenvalue weighted by molar-refractivity contribution is 6.31. The van der Waals surface area contributed by atoms with Gasteiger partial charge in [-0.05, 0) is 48.9 Å². The van der Waals surface area contributed by atoms with E-state index in [-0.39, 0.29) is 16.3 Å². The van der Waals surface area contributed by atoms with E-state index in [1.54, 1.807) is 30.5 Å². The lowest BCUT2D eigenvalue weighted by Crippen LogP contribution is -2.08. The number of hydrogen-bond donors (Lipinski definition) is 3. The van der Waals surface area contributed by atoms with Crippen LogP contribution in [-0.4, -0.2) is 16.1 Å². The Kier molecular flexibility index (Phi) is 5.93. The summed E-state index contributed by atoms with van der Waals surface area (Å²) in [6.07, 6.45) is 1.74. The number of anilines is 2. The second-order valence-corrected chi connectivity index (χ2v) is 9.76. The molecule has 8 heteroatoms. The standard InChI is InChI=1S/C31H22ClN3O4/c1-16-7-8-18(31(37)38)20(12-16)28-19-9-10-24(33)22(30(19)39-27-14-26(36)23(32)13-21(27)28)15-35-25-6-2-4-17-5-3-11-34-29(17)25/h2-14,35H,15,33H2,1H3,(H,37,38). The topological polar surface area (TPSA) is 118 Å². The normalized spacial score (nSPS) is 11.3. The van der Waals surface area contributed by atoms with Gasteiger partial charge < -0.3 is 20.6 Å². The summed E-state index contributed by atoms with van der Waals surface area (Å²) in [5.41, 5.74) is 11.9. The van der Waals surface area contributed by atoms with Gasteiger partial charge in [0, 0.05) is 52.0 Å². The molecule has 6 rings (SSSR count). The SMILES string of the molecule is Cc1ccc(C(=O)O)c(-c2c3cc(Cl)c(=O)cc-3oc3c(CNc4cccc5cccnc45)c(N)ccc23)c1. The first-order valence-electron chi connectivity index (χ1n) is 12.2. The molecule has 1 aliphatic carbocycles. The molecule has 7 nitrogen and oxygen atoms in total. The number of carboxylic acids is 1. The quantitative estimate of drug-likeness (QED) is 0.161. The molecule has 0 bridgehead atoms. The van der Waals surface area contributed by atoms with Crippen LogP contribution in [0.1, 0.15) is 21.5 Å².